The van der Waals surface area contributed by atoms with E-state index >= 15 is 0 Å². The van der Waals surface area contributed by atoms with Crippen LogP contribution in [0.2, 0.25) is 0 Å². The van der Waals surface area contributed by atoms with Crippen LogP contribution in [0.1, 0.15) is 11.3 Å². The van der Waals surface area contributed by atoms with Crippen LogP contribution in [0.15, 0.2) is 42.5 Å². The van der Waals surface area contributed by atoms with Crippen LogP contribution in [0.5, 0.6) is 6.01 Å². The van der Waals surface area contributed by atoms with E-state index in [2.05, 4.69) is 30.4 Å². The summed E-state index contributed by atoms with van der Waals surface area (Å²) in [5.74, 6) is 2.15. The van der Waals surface area contributed by atoms with E-state index in [0.29, 0.717) is 37.5 Å². The number of rotatable bonds is 6. The normalized spacial score (nSPS) is 14.2. The van der Waals surface area contributed by atoms with E-state index in [1.165, 1.54) is 0 Å². The summed E-state index contributed by atoms with van der Waals surface area (Å²) in [5.41, 5.74) is 2.04. The Kier molecular flexibility index (Phi) is 5.15. The Morgan fingerprint density at radius 2 is 1.93 bits per heavy atom. The summed E-state index contributed by atoms with van der Waals surface area (Å²) in [6.07, 6.45) is 0. The van der Waals surface area contributed by atoms with Crippen molar-refractivity contribution >= 4 is 17.5 Å². The molecule has 3 heterocycles. The molecule has 0 amide bonds. The summed E-state index contributed by atoms with van der Waals surface area (Å²) in [6.45, 7) is 5.31. The van der Waals surface area contributed by atoms with Crippen LogP contribution in [0.4, 0.5) is 17.5 Å². The molecular weight excluding hydrogens is 344 g/mol. The fourth-order valence-corrected chi connectivity index (χ4v) is 2.83. The molecule has 1 aliphatic rings. The molecule has 8 heteroatoms. The van der Waals surface area contributed by atoms with Gasteiger partial charge in [-0.3, -0.25) is 5.10 Å². The van der Waals surface area contributed by atoms with E-state index in [0.717, 1.165) is 30.2 Å². The highest BCUT2D eigenvalue weighted by Crippen LogP contribution is 2.23. The number of morpholine rings is 1. The van der Waals surface area contributed by atoms with Gasteiger partial charge in [-0.25, -0.2) is 0 Å². The molecule has 1 saturated heterocycles. The van der Waals surface area contributed by atoms with Gasteiger partial charge in [0, 0.05) is 30.9 Å². The molecule has 8 nitrogen and oxygen atoms in total. The first kappa shape index (κ1) is 17.3. The van der Waals surface area contributed by atoms with Gasteiger partial charge in [-0.2, -0.15) is 15.1 Å². The summed E-state index contributed by atoms with van der Waals surface area (Å²) in [6, 6.07) is 14.1. The number of nitrogens with one attached hydrogen (secondary N) is 2. The lowest BCUT2D eigenvalue weighted by Gasteiger charge is -2.28. The molecule has 3 aromatic rings. The van der Waals surface area contributed by atoms with Crippen LogP contribution in [0.25, 0.3) is 0 Å². The number of H-pyrrole nitrogens is 1. The molecule has 1 fully saturated rings. The van der Waals surface area contributed by atoms with Crippen LogP contribution < -0.4 is 15.0 Å². The summed E-state index contributed by atoms with van der Waals surface area (Å²) in [4.78, 5) is 11.2. The maximum absolute atomic E-state index is 5.86. The van der Waals surface area contributed by atoms with Crippen LogP contribution >= 0.6 is 0 Å². The van der Waals surface area contributed by atoms with Crippen molar-refractivity contribution in [3.63, 3.8) is 0 Å². The fourth-order valence-electron chi connectivity index (χ4n) is 2.83. The van der Waals surface area contributed by atoms with Gasteiger partial charge < -0.3 is 19.7 Å². The minimum Gasteiger partial charge on any atom is -0.458 e. The molecule has 2 aromatic heterocycles. The van der Waals surface area contributed by atoms with Crippen molar-refractivity contribution in [2.75, 3.05) is 36.5 Å². The molecule has 0 atom stereocenters. The van der Waals surface area contributed by atoms with E-state index in [1.807, 2.05) is 49.4 Å². The van der Waals surface area contributed by atoms with Gasteiger partial charge in [0.25, 0.3) is 0 Å². The van der Waals surface area contributed by atoms with Gasteiger partial charge in [0.05, 0.1) is 13.2 Å². The highest BCUT2D eigenvalue weighted by Gasteiger charge is 2.16. The van der Waals surface area contributed by atoms with Crippen molar-refractivity contribution in [3.8, 4) is 6.01 Å². The molecule has 140 valence electrons. The van der Waals surface area contributed by atoms with Crippen LogP contribution in [0.3, 0.4) is 0 Å². The number of aromatic nitrogens is 4. The van der Waals surface area contributed by atoms with Crippen molar-refractivity contribution in [1.29, 1.82) is 0 Å². The Balaban J connectivity index is 1.57. The van der Waals surface area contributed by atoms with Crippen LogP contribution in [-0.2, 0) is 11.3 Å². The van der Waals surface area contributed by atoms with Gasteiger partial charge in [0.15, 0.2) is 5.82 Å². The predicted octanol–water partition coefficient (Wildman–Crippen LogP) is 2.67. The standard InChI is InChI=1S/C19H22N6O2/c1-14-11-17(24-23-14)20-16-12-18(25-7-9-26-10-8-25)22-19(21-16)27-13-15-5-3-2-4-6-15/h2-6,11-12H,7-10,13H2,1H3,(H2,20,21,22,23,24). The first-order chi connectivity index (χ1) is 13.3. The molecule has 2 N–H and O–H groups in total. The number of hydrogen-bond donors (Lipinski definition) is 2. The third-order valence-electron chi connectivity index (χ3n) is 4.20. The van der Waals surface area contributed by atoms with Crippen molar-refractivity contribution in [1.82, 2.24) is 20.2 Å². The number of ether oxygens (including phenoxy) is 2. The molecule has 0 aliphatic carbocycles. The predicted molar refractivity (Wildman–Crippen MR) is 102 cm³/mol. The van der Waals surface area contributed by atoms with Gasteiger partial charge in [-0.1, -0.05) is 30.3 Å². The lowest BCUT2D eigenvalue weighted by atomic mass is 10.2. The monoisotopic (exact) mass is 366 g/mol. The van der Waals surface area contributed by atoms with E-state index in [9.17, 15) is 0 Å². The number of aromatic amines is 1. The van der Waals surface area contributed by atoms with E-state index in [4.69, 9.17) is 9.47 Å². The zero-order valence-electron chi connectivity index (χ0n) is 15.2. The average Bonchev–Trinajstić information content (AvgIpc) is 3.12. The summed E-state index contributed by atoms with van der Waals surface area (Å²) in [5, 5.41) is 10.3. The molecule has 0 unspecified atom stereocenters. The second-order valence-corrected chi connectivity index (χ2v) is 6.33. The first-order valence-corrected chi connectivity index (χ1v) is 8.94. The Hall–Kier alpha value is -3.13. The Morgan fingerprint density at radius 1 is 1.11 bits per heavy atom. The Bertz CT molecular complexity index is 877. The molecule has 1 aliphatic heterocycles. The third kappa shape index (κ3) is 4.53. The zero-order chi connectivity index (χ0) is 18.5. The van der Waals surface area contributed by atoms with Gasteiger partial charge in [-0.05, 0) is 12.5 Å². The second-order valence-electron chi connectivity index (χ2n) is 6.33. The fraction of sp³-hybridized carbons (Fsp3) is 0.316. The molecule has 4 rings (SSSR count). The van der Waals surface area contributed by atoms with E-state index < -0.39 is 0 Å². The van der Waals surface area contributed by atoms with E-state index in [1.54, 1.807) is 0 Å². The molecular formula is C19H22N6O2. The average molecular weight is 366 g/mol. The minimum absolute atomic E-state index is 0.331. The number of nitrogens with zero attached hydrogens (tertiary/aromatic N) is 4. The lowest BCUT2D eigenvalue weighted by Crippen LogP contribution is -2.36. The highest BCUT2D eigenvalue weighted by atomic mass is 16.5. The van der Waals surface area contributed by atoms with Gasteiger partial charge in [-0.15, -0.1) is 0 Å². The van der Waals surface area contributed by atoms with E-state index in [-0.39, 0.29) is 0 Å². The summed E-state index contributed by atoms with van der Waals surface area (Å²) < 4.78 is 11.3. The maximum Gasteiger partial charge on any atom is 0.320 e. The number of hydrogen-bond acceptors (Lipinski definition) is 7. The highest BCUT2D eigenvalue weighted by molar-refractivity contribution is 5.57. The van der Waals surface area contributed by atoms with Gasteiger partial charge in [0.2, 0.25) is 0 Å². The molecule has 0 saturated carbocycles. The van der Waals surface area contributed by atoms with Gasteiger partial charge in [0.1, 0.15) is 18.2 Å². The molecule has 1 aromatic carbocycles. The summed E-state index contributed by atoms with van der Waals surface area (Å²) in [7, 11) is 0. The number of anilines is 3. The quantitative estimate of drug-likeness (QED) is 0.693. The first-order valence-electron chi connectivity index (χ1n) is 8.94. The van der Waals surface area contributed by atoms with Crippen LogP contribution in [0, 0.1) is 6.92 Å². The molecule has 0 radical (unpaired) electrons. The summed E-state index contributed by atoms with van der Waals surface area (Å²) >= 11 is 0. The Morgan fingerprint density at radius 3 is 2.67 bits per heavy atom. The maximum atomic E-state index is 5.86. The van der Waals surface area contributed by atoms with Crippen molar-refractivity contribution in [2.24, 2.45) is 0 Å². The lowest BCUT2D eigenvalue weighted by molar-refractivity contribution is 0.122. The van der Waals surface area contributed by atoms with Crippen molar-refractivity contribution in [3.05, 3.63) is 53.7 Å². The minimum atomic E-state index is 0.331. The Labute approximate surface area is 157 Å². The topological polar surface area (TPSA) is 88.2 Å². The van der Waals surface area contributed by atoms with Crippen molar-refractivity contribution in [2.45, 2.75) is 13.5 Å². The van der Waals surface area contributed by atoms with Crippen molar-refractivity contribution < 1.29 is 9.47 Å². The zero-order valence-corrected chi connectivity index (χ0v) is 15.2. The van der Waals surface area contributed by atoms with Gasteiger partial charge >= 0.3 is 6.01 Å². The molecule has 0 spiro atoms. The second kappa shape index (κ2) is 8.05. The number of benzene rings is 1. The van der Waals surface area contributed by atoms with Crippen LogP contribution in [-0.4, -0.2) is 46.5 Å². The number of aryl methyl sites for hydroxylation is 1. The SMILES string of the molecule is Cc1cc(Nc2cc(N3CCOCC3)nc(OCc3ccccc3)n2)n[nH]1. The largest absolute Gasteiger partial charge is 0.458 e. The smallest absolute Gasteiger partial charge is 0.320 e. The third-order valence-corrected chi connectivity index (χ3v) is 4.20. The molecule has 27 heavy (non-hydrogen) atoms. The molecule has 0 bridgehead atoms.